The second kappa shape index (κ2) is 3.75. The van der Waals surface area contributed by atoms with Gasteiger partial charge < -0.3 is 5.11 Å². The van der Waals surface area contributed by atoms with Crippen LogP contribution < -0.4 is 0 Å². The van der Waals surface area contributed by atoms with E-state index in [0.29, 0.717) is 30.6 Å². The lowest BCUT2D eigenvalue weighted by Crippen LogP contribution is -2.33. The Hall–Kier alpha value is -1.00. The Morgan fingerprint density at radius 1 is 1.47 bits per heavy atom. The minimum atomic E-state index is -0.933. The number of β-amino-alcohol motifs (C(OH)–C–C–N with tert-alkyl or cyclic N) is 1. The second-order valence-corrected chi connectivity index (χ2v) is 5.38. The largest absolute Gasteiger partial charge is 0.384 e. The Bertz CT molecular complexity index is 435. The molecule has 2 heterocycles. The summed E-state index contributed by atoms with van der Waals surface area (Å²) in [6.45, 7) is 2.73. The molecule has 2 fully saturated rings. The maximum atomic E-state index is 13.2. The number of likely N-dealkylation sites (tertiary alicyclic amines) is 1. The third-order valence-corrected chi connectivity index (χ3v) is 3.90. The maximum absolute atomic E-state index is 13.2. The predicted molar refractivity (Wildman–Crippen MR) is 61.9 cm³/mol. The average Bonchev–Trinajstić information content (AvgIpc) is 3.06. The summed E-state index contributed by atoms with van der Waals surface area (Å²) in [6.07, 6.45) is 5.86. The first kappa shape index (κ1) is 11.1. The molecule has 0 radical (unpaired) electrons. The highest BCUT2D eigenvalue weighted by atomic mass is 19.1. The summed E-state index contributed by atoms with van der Waals surface area (Å²) < 4.78 is 13.2. The molecule has 1 aromatic heterocycles. The molecule has 1 saturated carbocycles. The van der Waals surface area contributed by atoms with Gasteiger partial charge in [0.2, 0.25) is 0 Å². The Morgan fingerprint density at radius 3 is 2.88 bits per heavy atom. The lowest BCUT2D eigenvalue weighted by atomic mass is 9.93. The van der Waals surface area contributed by atoms with Crippen LogP contribution >= 0.6 is 0 Å². The fourth-order valence-corrected chi connectivity index (χ4v) is 2.90. The third kappa shape index (κ3) is 1.96. The topological polar surface area (TPSA) is 36.4 Å². The Kier molecular flexibility index (Phi) is 2.45. The molecule has 3 rings (SSSR count). The van der Waals surface area contributed by atoms with Crippen molar-refractivity contribution in [3.8, 4) is 0 Å². The Labute approximate surface area is 100 Å². The third-order valence-electron chi connectivity index (χ3n) is 3.90. The van der Waals surface area contributed by atoms with Crippen molar-refractivity contribution in [2.45, 2.75) is 43.9 Å². The number of hydrogen-bond donors (Lipinski definition) is 1. The van der Waals surface area contributed by atoms with Crippen molar-refractivity contribution in [1.29, 1.82) is 0 Å². The summed E-state index contributed by atoms with van der Waals surface area (Å²) in [5.74, 6) is -0.381. The number of pyridine rings is 1. The number of nitrogens with zero attached hydrogens (tertiary/aromatic N) is 2. The Morgan fingerprint density at radius 2 is 2.24 bits per heavy atom. The summed E-state index contributed by atoms with van der Waals surface area (Å²) in [5.41, 5.74) is -0.329. The zero-order valence-electron chi connectivity index (χ0n) is 9.93. The van der Waals surface area contributed by atoms with Crippen LogP contribution in [0.2, 0.25) is 0 Å². The van der Waals surface area contributed by atoms with Gasteiger partial charge in [0.1, 0.15) is 11.4 Å². The molecular weight excluding hydrogens is 219 g/mol. The highest BCUT2D eigenvalue weighted by Gasteiger charge is 2.47. The van der Waals surface area contributed by atoms with Gasteiger partial charge in [-0.25, -0.2) is 4.39 Å². The molecule has 0 amide bonds. The number of aliphatic hydroxyl groups is 1. The van der Waals surface area contributed by atoms with E-state index < -0.39 is 5.60 Å². The van der Waals surface area contributed by atoms with Gasteiger partial charge in [-0.1, -0.05) is 0 Å². The molecule has 17 heavy (non-hydrogen) atoms. The maximum Gasteiger partial charge on any atom is 0.141 e. The van der Waals surface area contributed by atoms with Crippen molar-refractivity contribution in [2.24, 2.45) is 0 Å². The van der Waals surface area contributed by atoms with Gasteiger partial charge in [-0.05, 0) is 32.3 Å². The first-order valence-corrected chi connectivity index (χ1v) is 6.18. The van der Waals surface area contributed by atoms with Crippen LogP contribution in [-0.4, -0.2) is 33.6 Å². The molecular formula is C13H17FN2O. The van der Waals surface area contributed by atoms with Gasteiger partial charge in [0.05, 0.1) is 6.20 Å². The highest BCUT2D eigenvalue weighted by molar-refractivity contribution is 5.22. The van der Waals surface area contributed by atoms with Gasteiger partial charge in [-0.2, -0.15) is 0 Å². The second-order valence-electron chi connectivity index (χ2n) is 5.38. The number of rotatable bonds is 2. The van der Waals surface area contributed by atoms with Crippen LogP contribution in [0.3, 0.4) is 0 Å². The van der Waals surface area contributed by atoms with E-state index in [4.69, 9.17) is 0 Å². The van der Waals surface area contributed by atoms with Gasteiger partial charge in [0.25, 0.3) is 0 Å². The molecule has 1 aliphatic heterocycles. The van der Waals surface area contributed by atoms with Gasteiger partial charge >= 0.3 is 0 Å². The zero-order chi connectivity index (χ0) is 12.0. The van der Waals surface area contributed by atoms with Crippen molar-refractivity contribution in [3.63, 3.8) is 0 Å². The minimum absolute atomic E-state index is 0.357. The summed E-state index contributed by atoms with van der Waals surface area (Å²) in [6, 6.07) is 2.38. The van der Waals surface area contributed by atoms with Crippen molar-refractivity contribution in [2.75, 3.05) is 6.54 Å². The molecule has 1 saturated heterocycles. The quantitative estimate of drug-likeness (QED) is 0.848. The molecule has 0 spiro atoms. The molecule has 3 nitrogen and oxygen atoms in total. The molecule has 2 aliphatic rings. The average molecular weight is 236 g/mol. The van der Waals surface area contributed by atoms with E-state index in [1.165, 1.54) is 25.1 Å². The van der Waals surface area contributed by atoms with Crippen molar-refractivity contribution in [3.05, 3.63) is 29.8 Å². The minimum Gasteiger partial charge on any atom is -0.384 e. The van der Waals surface area contributed by atoms with Crippen LogP contribution in [0.5, 0.6) is 0 Å². The van der Waals surface area contributed by atoms with Gasteiger partial charge in [0, 0.05) is 30.4 Å². The first-order valence-electron chi connectivity index (χ1n) is 6.18. The molecule has 1 aromatic rings. The van der Waals surface area contributed by atoms with E-state index in [-0.39, 0.29) is 5.82 Å². The van der Waals surface area contributed by atoms with Gasteiger partial charge in [-0.3, -0.25) is 9.88 Å². The van der Waals surface area contributed by atoms with Crippen molar-refractivity contribution >= 4 is 0 Å². The Balaban J connectivity index is 1.87. The monoisotopic (exact) mass is 236 g/mol. The summed E-state index contributed by atoms with van der Waals surface area (Å²) >= 11 is 0. The fraction of sp³-hybridized carbons (Fsp3) is 0.615. The summed E-state index contributed by atoms with van der Waals surface area (Å²) in [5, 5.41) is 10.7. The molecule has 2 atom stereocenters. The molecule has 0 aromatic carbocycles. The SMILES string of the molecule is CC1CC(O)(c2cncc(F)c2)CN1C1CC1. The first-order chi connectivity index (χ1) is 8.08. The standard InChI is InChI=1S/C13H17FN2O/c1-9-5-13(17,8-16(9)12-2-3-12)10-4-11(14)7-15-6-10/h4,6-7,9,12,17H,2-3,5,8H2,1H3. The number of halogens is 1. The van der Waals surface area contributed by atoms with Crippen LogP contribution in [0.1, 0.15) is 31.7 Å². The van der Waals surface area contributed by atoms with Crippen LogP contribution in [-0.2, 0) is 5.60 Å². The van der Waals surface area contributed by atoms with Crippen molar-refractivity contribution < 1.29 is 9.50 Å². The van der Waals surface area contributed by atoms with Crippen LogP contribution in [0.25, 0.3) is 0 Å². The van der Waals surface area contributed by atoms with E-state index >= 15 is 0 Å². The molecule has 92 valence electrons. The fourth-order valence-electron chi connectivity index (χ4n) is 2.90. The van der Waals surface area contributed by atoms with E-state index in [9.17, 15) is 9.50 Å². The van der Waals surface area contributed by atoms with Crippen molar-refractivity contribution in [1.82, 2.24) is 9.88 Å². The zero-order valence-corrected chi connectivity index (χ0v) is 9.93. The molecule has 1 aliphatic carbocycles. The van der Waals surface area contributed by atoms with Crippen LogP contribution in [0, 0.1) is 5.82 Å². The number of aromatic nitrogens is 1. The number of hydrogen-bond acceptors (Lipinski definition) is 3. The lowest BCUT2D eigenvalue weighted by molar-refractivity contribution is 0.0445. The normalized spacial score (nSPS) is 34.2. The van der Waals surface area contributed by atoms with E-state index in [0.717, 1.165) is 0 Å². The van der Waals surface area contributed by atoms with Gasteiger partial charge in [-0.15, -0.1) is 0 Å². The molecule has 1 N–H and O–H groups in total. The highest BCUT2D eigenvalue weighted by Crippen LogP contribution is 2.41. The van der Waals surface area contributed by atoms with Crippen LogP contribution in [0.4, 0.5) is 4.39 Å². The summed E-state index contributed by atoms with van der Waals surface area (Å²) in [7, 11) is 0. The molecule has 2 unspecified atom stereocenters. The molecule has 4 heteroatoms. The van der Waals surface area contributed by atoms with E-state index in [2.05, 4.69) is 16.8 Å². The smallest absolute Gasteiger partial charge is 0.141 e. The lowest BCUT2D eigenvalue weighted by Gasteiger charge is -2.23. The molecule has 0 bridgehead atoms. The summed E-state index contributed by atoms with van der Waals surface area (Å²) in [4.78, 5) is 6.17. The van der Waals surface area contributed by atoms with Crippen LogP contribution in [0.15, 0.2) is 18.5 Å². The van der Waals surface area contributed by atoms with E-state index in [1.807, 2.05) is 0 Å². The van der Waals surface area contributed by atoms with E-state index in [1.54, 1.807) is 6.20 Å². The van der Waals surface area contributed by atoms with Gasteiger partial charge in [0.15, 0.2) is 0 Å². The predicted octanol–water partition coefficient (Wildman–Crippen LogP) is 1.66.